The van der Waals surface area contributed by atoms with Crippen LogP contribution in [0.25, 0.3) is 66.7 Å². The highest BCUT2D eigenvalue weighted by Gasteiger charge is 2.22. The fourth-order valence-electron chi connectivity index (χ4n) is 7.39. The van der Waals surface area contributed by atoms with Gasteiger partial charge in [0.1, 0.15) is 23.1 Å². The van der Waals surface area contributed by atoms with Crippen LogP contribution in [0.3, 0.4) is 0 Å². The van der Waals surface area contributed by atoms with Gasteiger partial charge >= 0.3 is 0 Å². The number of ether oxygens (including phenoxy) is 1. The van der Waals surface area contributed by atoms with Gasteiger partial charge in [-0.1, -0.05) is 103 Å². The summed E-state index contributed by atoms with van der Waals surface area (Å²) in [5.74, 6) is 1.50. The first-order valence-corrected chi connectivity index (χ1v) is 17.3. The van der Waals surface area contributed by atoms with Crippen molar-refractivity contribution in [1.82, 2.24) is 19.3 Å². The van der Waals surface area contributed by atoms with Crippen molar-refractivity contribution in [3.63, 3.8) is 0 Å². The molecule has 9 rings (SSSR count). The maximum atomic E-state index is 14.4. The van der Waals surface area contributed by atoms with Crippen LogP contribution in [0, 0.1) is 19.7 Å². The summed E-state index contributed by atoms with van der Waals surface area (Å²) in [7, 11) is 0. The van der Waals surface area contributed by atoms with Gasteiger partial charge in [0.15, 0.2) is 0 Å². The molecule has 0 N–H and O–H groups in total. The SMILES string of the molecule is Cc1nn(-c2cccc(Oc3ccc4c5ccccc5n(-c5cc(F)ccn5)c4c3)c2)c(C)c1-c1c(-c2ccccc2)cccc1-c1ccccc1. The van der Waals surface area contributed by atoms with E-state index in [2.05, 4.69) is 97.7 Å². The van der Waals surface area contributed by atoms with Crippen LogP contribution in [0.5, 0.6) is 11.5 Å². The summed E-state index contributed by atoms with van der Waals surface area (Å²) < 4.78 is 24.9. The van der Waals surface area contributed by atoms with Gasteiger partial charge in [0.25, 0.3) is 0 Å². The Hall–Kier alpha value is -6.79. The molecule has 9 aromatic rings. The lowest BCUT2D eigenvalue weighted by molar-refractivity contribution is 0.482. The van der Waals surface area contributed by atoms with Crippen molar-refractivity contribution < 1.29 is 9.13 Å². The molecule has 3 aromatic heterocycles. The summed E-state index contributed by atoms with van der Waals surface area (Å²) in [5.41, 5.74) is 11.6. The lowest BCUT2D eigenvalue weighted by Gasteiger charge is -2.17. The lowest BCUT2D eigenvalue weighted by atomic mass is 9.87. The number of hydrogen-bond acceptors (Lipinski definition) is 3. The van der Waals surface area contributed by atoms with Crippen LogP contribution in [0.4, 0.5) is 4.39 Å². The molecule has 6 heteroatoms. The molecule has 0 aliphatic rings. The number of rotatable bonds is 7. The smallest absolute Gasteiger partial charge is 0.140 e. The van der Waals surface area contributed by atoms with E-state index in [9.17, 15) is 4.39 Å². The van der Waals surface area contributed by atoms with Crippen LogP contribution in [0.2, 0.25) is 0 Å². The molecule has 6 aromatic carbocycles. The highest BCUT2D eigenvalue weighted by atomic mass is 19.1. The van der Waals surface area contributed by atoms with Gasteiger partial charge in [-0.2, -0.15) is 5.10 Å². The Labute approximate surface area is 300 Å². The molecular formula is C46H33FN4O. The van der Waals surface area contributed by atoms with Gasteiger partial charge in [-0.25, -0.2) is 14.1 Å². The zero-order valence-electron chi connectivity index (χ0n) is 28.7. The molecule has 0 unspecified atom stereocenters. The van der Waals surface area contributed by atoms with Gasteiger partial charge in [0.05, 0.1) is 22.4 Å². The third kappa shape index (κ3) is 5.42. The van der Waals surface area contributed by atoms with Crippen molar-refractivity contribution >= 4 is 21.8 Å². The average Bonchev–Trinajstić information content (AvgIpc) is 3.67. The van der Waals surface area contributed by atoms with E-state index in [1.165, 1.54) is 18.3 Å². The second-order valence-electron chi connectivity index (χ2n) is 12.9. The minimum absolute atomic E-state index is 0.340. The van der Waals surface area contributed by atoms with Crippen LogP contribution in [0.15, 0.2) is 164 Å². The zero-order valence-corrected chi connectivity index (χ0v) is 28.7. The highest BCUT2D eigenvalue weighted by molar-refractivity contribution is 6.09. The normalized spacial score (nSPS) is 11.4. The monoisotopic (exact) mass is 676 g/mol. The van der Waals surface area contributed by atoms with E-state index >= 15 is 0 Å². The first kappa shape index (κ1) is 31.2. The molecule has 0 bridgehead atoms. The first-order chi connectivity index (χ1) is 25.5. The molecule has 0 aliphatic carbocycles. The number of benzene rings is 6. The van der Waals surface area contributed by atoms with Crippen LogP contribution >= 0.6 is 0 Å². The van der Waals surface area contributed by atoms with Gasteiger partial charge in [0, 0.05) is 52.0 Å². The third-order valence-electron chi connectivity index (χ3n) is 9.66. The zero-order chi connectivity index (χ0) is 35.2. The molecule has 0 radical (unpaired) electrons. The van der Waals surface area contributed by atoms with E-state index < -0.39 is 0 Å². The van der Waals surface area contributed by atoms with Crippen LogP contribution in [0.1, 0.15) is 11.4 Å². The first-order valence-electron chi connectivity index (χ1n) is 17.3. The number of aryl methyl sites for hydroxylation is 1. The Morgan fingerprint density at radius 1 is 0.558 bits per heavy atom. The van der Waals surface area contributed by atoms with Gasteiger partial charge < -0.3 is 4.74 Å². The molecule has 52 heavy (non-hydrogen) atoms. The number of pyridine rings is 1. The molecule has 0 spiro atoms. The van der Waals surface area contributed by atoms with Gasteiger partial charge in [-0.15, -0.1) is 0 Å². The van der Waals surface area contributed by atoms with Crippen molar-refractivity contribution in [2.24, 2.45) is 0 Å². The molecule has 3 heterocycles. The van der Waals surface area contributed by atoms with E-state index in [0.29, 0.717) is 17.3 Å². The molecule has 0 saturated carbocycles. The number of halogens is 1. The number of para-hydroxylation sites is 1. The van der Waals surface area contributed by atoms with Crippen molar-refractivity contribution in [2.45, 2.75) is 13.8 Å². The molecule has 0 fully saturated rings. The Morgan fingerprint density at radius 3 is 1.94 bits per heavy atom. The van der Waals surface area contributed by atoms with Gasteiger partial charge in [0.2, 0.25) is 0 Å². The Morgan fingerprint density at radius 2 is 1.21 bits per heavy atom. The van der Waals surface area contributed by atoms with E-state index in [0.717, 1.165) is 72.3 Å². The van der Waals surface area contributed by atoms with E-state index in [-0.39, 0.29) is 5.82 Å². The Balaban J connectivity index is 1.13. The maximum absolute atomic E-state index is 14.4. The second-order valence-corrected chi connectivity index (χ2v) is 12.9. The van der Waals surface area contributed by atoms with Crippen LogP contribution in [-0.4, -0.2) is 19.3 Å². The molecule has 250 valence electrons. The predicted octanol–water partition coefficient (Wildman–Crippen LogP) is 11.9. The lowest BCUT2D eigenvalue weighted by Crippen LogP contribution is -2.00. The molecule has 0 saturated heterocycles. The van der Waals surface area contributed by atoms with Crippen molar-refractivity contribution in [2.75, 3.05) is 0 Å². The number of nitrogens with zero attached hydrogens (tertiary/aromatic N) is 4. The fourth-order valence-corrected chi connectivity index (χ4v) is 7.39. The summed E-state index contributed by atoms with van der Waals surface area (Å²) in [5, 5.41) is 7.20. The predicted molar refractivity (Wildman–Crippen MR) is 208 cm³/mol. The summed E-state index contributed by atoms with van der Waals surface area (Å²) in [6.07, 6.45) is 1.49. The quantitative estimate of drug-likeness (QED) is 0.169. The summed E-state index contributed by atoms with van der Waals surface area (Å²) in [4.78, 5) is 4.50. The molecule has 0 amide bonds. The van der Waals surface area contributed by atoms with Crippen LogP contribution < -0.4 is 4.74 Å². The summed E-state index contributed by atoms with van der Waals surface area (Å²) in [6.45, 7) is 4.21. The average molecular weight is 677 g/mol. The van der Waals surface area contributed by atoms with E-state index in [4.69, 9.17) is 9.84 Å². The van der Waals surface area contributed by atoms with Gasteiger partial charge in [-0.3, -0.25) is 4.57 Å². The highest BCUT2D eigenvalue weighted by Crippen LogP contribution is 2.43. The topological polar surface area (TPSA) is 44.9 Å². The minimum atomic E-state index is -0.340. The van der Waals surface area contributed by atoms with E-state index in [1.54, 1.807) is 0 Å². The van der Waals surface area contributed by atoms with Crippen molar-refractivity contribution in [1.29, 1.82) is 0 Å². The second kappa shape index (κ2) is 12.8. The van der Waals surface area contributed by atoms with Crippen molar-refractivity contribution in [3.05, 3.63) is 181 Å². The molecular weight excluding hydrogens is 644 g/mol. The largest absolute Gasteiger partial charge is 0.457 e. The summed E-state index contributed by atoms with van der Waals surface area (Å²) in [6, 6.07) is 52.5. The number of fused-ring (bicyclic) bond motifs is 3. The third-order valence-corrected chi connectivity index (χ3v) is 9.66. The molecule has 0 atom stereocenters. The summed E-state index contributed by atoms with van der Waals surface area (Å²) >= 11 is 0. The van der Waals surface area contributed by atoms with Gasteiger partial charge in [-0.05, 0) is 72.5 Å². The number of hydrogen-bond donors (Lipinski definition) is 0. The van der Waals surface area contributed by atoms with E-state index in [1.807, 2.05) is 76.0 Å². The van der Waals surface area contributed by atoms with Crippen molar-refractivity contribution in [3.8, 4) is 56.4 Å². The minimum Gasteiger partial charge on any atom is -0.457 e. The Kier molecular flexibility index (Phi) is 7.70. The maximum Gasteiger partial charge on any atom is 0.140 e. The number of aromatic nitrogens is 4. The Bertz CT molecular complexity index is 2690. The fraction of sp³-hybridized carbons (Fsp3) is 0.0435. The van der Waals surface area contributed by atoms with Crippen LogP contribution in [-0.2, 0) is 0 Å². The standard InChI is InChI=1S/C46H33FN4O/c1-30-45(46-38(32-13-5-3-6-14-32)20-12-21-39(46)33-15-7-4-8-16-33)31(2)51(49-30)35-17-11-18-36(28-35)52-37-23-24-41-40-19-9-10-22-42(40)50(43(41)29-37)44-27-34(47)25-26-48-44/h3-29H,1-2H3. The molecule has 5 nitrogen and oxygen atoms in total. The molecule has 0 aliphatic heterocycles.